The highest BCUT2D eigenvalue weighted by Crippen LogP contribution is 2.30. The molecule has 1 aromatic heterocycles. The van der Waals surface area contributed by atoms with Crippen molar-refractivity contribution >= 4 is 22.6 Å². The van der Waals surface area contributed by atoms with Crippen molar-refractivity contribution in [3.8, 4) is 5.75 Å². The van der Waals surface area contributed by atoms with E-state index >= 15 is 0 Å². The third kappa shape index (κ3) is 2.99. The molecule has 5 heteroatoms. The van der Waals surface area contributed by atoms with Gasteiger partial charge in [0.15, 0.2) is 0 Å². The molecule has 0 aliphatic carbocycles. The largest absolute Gasteiger partial charge is 0.496 e. The highest BCUT2D eigenvalue weighted by atomic mass is 16.5. The van der Waals surface area contributed by atoms with Crippen LogP contribution in [0.15, 0.2) is 30.5 Å². The highest BCUT2D eigenvalue weighted by molar-refractivity contribution is 5.96. The van der Waals surface area contributed by atoms with E-state index in [1.807, 2.05) is 38.1 Å². The van der Waals surface area contributed by atoms with Crippen LogP contribution in [0.1, 0.15) is 20.3 Å². The number of rotatable bonds is 5. The first kappa shape index (κ1) is 14.1. The molecule has 2 rings (SSSR count). The van der Waals surface area contributed by atoms with Crippen LogP contribution in [0, 0.1) is 0 Å². The SMILES string of the molecule is COc1cccc2c(NC(C)(C)CC(=O)O)nccc12. The zero-order chi connectivity index (χ0) is 14.8. The van der Waals surface area contributed by atoms with Gasteiger partial charge in [-0.3, -0.25) is 4.79 Å². The molecule has 0 atom stereocenters. The van der Waals surface area contributed by atoms with Gasteiger partial charge in [-0.25, -0.2) is 4.98 Å². The molecule has 106 valence electrons. The standard InChI is InChI=1S/C15H18N2O3/c1-15(2,9-13(18)19)17-14-11-5-4-6-12(20-3)10(11)7-8-16-14/h4-8H,9H2,1-3H3,(H,16,17)(H,18,19). The smallest absolute Gasteiger partial charge is 0.305 e. The van der Waals surface area contributed by atoms with Crippen molar-refractivity contribution in [3.05, 3.63) is 30.5 Å². The first-order chi connectivity index (χ1) is 9.43. The number of hydrogen-bond acceptors (Lipinski definition) is 4. The number of nitrogens with one attached hydrogen (secondary N) is 1. The number of anilines is 1. The minimum atomic E-state index is -0.847. The van der Waals surface area contributed by atoms with Gasteiger partial charge in [0.2, 0.25) is 0 Å². The Morgan fingerprint density at radius 1 is 1.35 bits per heavy atom. The van der Waals surface area contributed by atoms with Gasteiger partial charge in [0, 0.05) is 22.5 Å². The number of aliphatic carboxylic acids is 1. The molecule has 0 aliphatic heterocycles. The van der Waals surface area contributed by atoms with E-state index in [1.54, 1.807) is 13.3 Å². The maximum absolute atomic E-state index is 10.9. The Labute approximate surface area is 117 Å². The van der Waals surface area contributed by atoms with Crippen molar-refractivity contribution < 1.29 is 14.6 Å². The lowest BCUT2D eigenvalue weighted by molar-refractivity contribution is -0.137. The summed E-state index contributed by atoms with van der Waals surface area (Å²) in [6, 6.07) is 7.58. The van der Waals surface area contributed by atoms with E-state index in [0.717, 1.165) is 16.5 Å². The lowest BCUT2D eigenvalue weighted by Crippen LogP contribution is -2.34. The Morgan fingerprint density at radius 2 is 2.10 bits per heavy atom. The number of ether oxygens (including phenoxy) is 1. The lowest BCUT2D eigenvalue weighted by Gasteiger charge is -2.25. The summed E-state index contributed by atoms with van der Waals surface area (Å²) in [5.74, 6) is 0.581. The van der Waals surface area contributed by atoms with Crippen molar-refractivity contribution in [3.63, 3.8) is 0 Å². The van der Waals surface area contributed by atoms with E-state index in [0.29, 0.717) is 5.82 Å². The number of fused-ring (bicyclic) bond motifs is 1. The third-order valence-corrected chi connectivity index (χ3v) is 3.04. The fourth-order valence-corrected chi connectivity index (χ4v) is 2.20. The van der Waals surface area contributed by atoms with Gasteiger partial charge < -0.3 is 15.2 Å². The molecule has 0 fully saturated rings. The molecule has 0 bridgehead atoms. The minimum absolute atomic E-state index is 0.00896. The van der Waals surface area contributed by atoms with Gasteiger partial charge in [0.25, 0.3) is 0 Å². The molecular weight excluding hydrogens is 256 g/mol. The topological polar surface area (TPSA) is 71.5 Å². The molecule has 0 amide bonds. The Bertz CT molecular complexity index is 638. The first-order valence-electron chi connectivity index (χ1n) is 6.35. The van der Waals surface area contributed by atoms with Crippen molar-refractivity contribution in [1.82, 2.24) is 4.98 Å². The van der Waals surface area contributed by atoms with Crippen LogP contribution in [-0.2, 0) is 4.79 Å². The average molecular weight is 274 g/mol. The summed E-state index contributed by atoms with van der Waals surface area (Å²) in [5, 5.41) is 14.0. The van der Waals surface area contributed by atoms with E-state index in [2.05, 4.69) is 10.3 Å². The van der Waals surface area contributed by atoms with E-state index in [-0.39, 0.29) is 6.42 Å². The third-order valence-electron chi connectivity index (χ3n) is 3.04. The molecule has 0 aliphatic rings. The zero-order valence-electron chi connectivity index (χ0n) is 11.8. The number of nitrogens with zero attached hydrogens (tertiary/aromatic N) is 1. The van der Waals surface area contributed by atoms with Crippen LogP contribution in [-0.4, -0.2) is 28.7 Å². The Morgan fingerprint density at radius 3 is 2.75 bits per heavy atom. The second-order valence-electron chi connectivity index (χ2n) is 5.29. The number of carboxylic acid groups (broad SMARTS) is 1. The second kappa shape index (κ2) is 5.36. The van der Waals surface area contributed by atoms with Crippen LogP contribution < -0.4 is 10.1 Å². The number of carbonyl (C=O) groups is 1. The zero-order valence-corrected chi connectivity index (χ0v) is 11.8. The molecule has 1 aromatic carbocycles. The summed E-state index contributed by atoms with van der Waals surface area (Å²) in [4.78, 5) is 15.2. The van der Waals surface area contributed by atoms with Gasteiger partial charge in [-0.05, 0) is 26.0 Å². The van der Waals surface area contributed by atoms with E-state index < -0.39 is 11.5 Å². The van der Waals surface area contributed by atoms with Gasteiger partial charge in [-0.15, -0.1) is 0 Å². The molecule has 0 spiro atoms. The fourth-order valence-electron chi connectivity index (χ4n) is 2.20. The summed E-state index contributed by atoms with van der Waals surface area (Å²) in [6.07, 6.45) is 1.69. The lowest BCUT2D eigenvalue weighted by atomic mass is 10.0. The summed E-state index contributed by atoms with van der Waals surface area (Å²) >= 11 is 0. The van der Waals surface area contributed by atoms with Gasteiger partial charge in [-0.1, -0.05) is 12.1 Å². The highest BCUT2D eigenvalue weighted by Gasteiger charge is 2.22. The molecule has 0 radical (unpaired) electrons. The van der Waals surface area contributed by atoms with Gasteiger partial charge >= 0.3 is 5.97 Å². The maximum Gasteiger partial charge on any atom is 0.305 e. The Kier molecular flexibility index (Phi) is 3.79. The van der Waals surface area contributed by atoms with E-state index in [9.17, 15) is 4.79 Å². The van der Waals surface area contributed by atoms with Gasteiger partial charge in [0.05, 0.1) is 13.5 Å². The van der Waals surface area contributed by atoms with Crippen molar-refractivity contribution in [2.75, 3.05) is 12.4 Å². The summed E-state index contributed by atoms with van der Waals surface area (Å²) in [5.41, 5.74) is -0.587. The first-order valence-corrected chi connectivity index (χ1v) is 6.35. The minimum Gasteiger partial charge on any atom is -0.496 e. The van der Waals surface area contributed by atoms with Crippen LogP contribution in [0.5, 0.6) is 5.75 Å². The molecule has 0 saturated heterocycles. The Hall–Kier alpha value is -2.30. The monoisotopic (exact) mass is 274 g/mol. The number of aromatic nitrogens is 1. The van der Waals surface area contributed by atoms with Crippen LogP contribution in [0.2, 0.25) is 0 Å². The maximum atomic E-state index is 10.9. The van der Waals surface area contributed by atoms with Gasteiger partial charge in [0.1, 0.15) is 11.6 Å². The Balaban J connectivity index is 2.43. The van der Waals surface area contributed by atoms with Gasteiger partial charge in [-0.2, -0.15) is 0 Å². The number of hydrogen-bond donors (Lipinski definition) is 2. The predicted octanol–water partition coefficient (Wildman–Crippen LogP) is 2.91. The second-order valence-corrected chi connectivity index (χ2v) is 5.29. The van der Waals surface area contributed by atoms with Crippen molar-refractivity contribution in [1.29, 1.82) is 0 Å². The van der Waals surface area contributed by atoms with E-state index in [4.69, 9.17) is 9.84 Å². The molecule has 20 heavy (non-hydrogen) atoms. The molecular formula is C15H18N2O3. The molecule has 1 heterocycles. The molecule has 0 saturated carbocycles. The summed E-state index contributed by atoms with van der Waals surface area (Å²) < 4.78 is 5.33. The predicted molar refractivity (Wildman–Crippen MR) is 78.2 cm³/mol. The molecule has 2 N–H and O–H groups in total. The quantitative estimate of drug-likeness (QED) is 0.877. The normalized spacial score (nSPS) is 11.3. The van der Waals surface area contributed by atoms with Crippen LogP contribution in [0.3, 0.4) is 0 Å². The van der Waals surface area contributed by atoms with Crippen molar-refractivity contribution in [2.45, 2.75) is 25.8 Å². The summed E-state index contributed by atoms with van der Waals surface area (Å²) in [7, 11) is 1.62. The molecule has 2 aromatic rings. The van der Waals surface area contributed by atoms with Crippen LogP contribution in [0.4, 0.5) is 5.82 Å². The average Bonchev–Trinajstić information content (AvgIpc) is 2.36. The number of pyridine rings is 1. The fraction of sp³-hybridized carbons (Fsp3) is 0.333. The number of carboxylic acids is 1. The summed E-state index contributed by atoms with van der Waals surface area (Å²) in [6.45, 7) is 3.67. The van der Waals surface area contributed by atoms with Crippen molar-refractivity contribution in [2.24, 2.45) is 0 Å². The van der Waals surface area contributed by atoms with E-state index in [1.165, 1.54) is 0 Å². The number of benzene rings is 1. The molecule has 0 unspecified atom stereocenters. The number of methoxy groups -OCH3 is 1. The van der Waals surface area contributed by atoms with Crippen LogP contribution >= 0.6 is 0 Å². The van der Waals surface area contributed by atoms with Crippen LogP contribution in [0.25, 0.3) is 10.8 Å². The molecule has 5 nitrogen and oxygen atoms in total.